The Labute approximate surface area is 235 Å². The molecule has 1 N–H and O–H groups in total. The summed E-state index contributed by atoms with van der Waals surface area (Å²) in [5.41, 5.74) is 2.15. The van der Waals surface area contributed by atoms with E-state index in [0.717, 1.165) is 11.1 Å². The summed E-state index contributed by atoms with van der Waals surface area (Å²) in [7, 11) is 0. The maximum absolute atomic E-state index is 12.9. The summed E-state index contributed by atoms with van der Waals surface area (Å²) in [6, 6.07) is 23.3. The first kappa shape index (κ1) is 28.3. The number of hydrogen-bond donors (Lipinski definition) is 1. The molecule has 206 valence electrons. The third-order valence-electron chi connectivity index (χ3n) is 6.27. The molecule has 7 nitrogen and oxygen atoms in total. The minimum absolute atomic E-state index is 0.131. The summed E-state index contributed by atoms with van der Waals surface area (Å²) in [5.74, 6) is 0.519. The van der Waals surface area contributed by atoms with Crippen molar-refractivity contribution in [3.05, 3.63) is 94.5 Å². The fourth-order valence-electron chi connectivity index (χ4n) is 4.22. The molecule has 0 aliphatic carbocycles. The second-order valence-corrected chi connectivity index (χ2v) is 10.9. The Hall–Kier alpha value is -3.71. The van der Waals surface area contributed by atoms with E-state index in [1.54, 1.807) is 4.90 Å². The van der Waals surface area contributed by atoms with Crippen LogP contribution in [-0.2, 0) is 29.3 Å². The number of carbonyl (C=O) groups excluding carboxylic acids is 2. The molecule has 4 rings (SSSR count). The van der Waals surface area contributed by atoms with Crippen LogP contribution in [0.4, 0.5) is 4.79 Å². The highest BCUT2D eigenvalue weighted by molar-refractivity contribution is 6.33. The largest absolute Gasteiger partial charge is 0.485 e. The number of likely N-dealkylation sites (tertiary alicyclic amines) is 1. The summed E-state index contributed by atoms with van der Waals surface area (Å²) in [4.78, 5) is 26.9. The van der Waals surface area contributed by atoms with Gasteiger partial charge in [-0.2, -0.15) is 0 Å². The van der Waals surface area contributed by atoms with Crippen LogP contribution in [0.25, 0.3) is 0 Å². The van der Waals surface area contributed by atoms with E-state index in [0.29, 0.717) is 54.8 Å². The van der Waals surface area contributed by atoms with Gasteiger partial charge in [-0.05, 0) is 49.9 Å². The zero-order chi connectivity index (χ0) is 27.8. The van der Waals surface area contributed by atoms with Crippen molar-refractivity contribution in [3.8, 4) is 11.5 Å². The standard InChI is InChI=1S/C31H35ClN2O5/c1-31(2,3)39-30(36)34-17-16-25(19-34)29(35)33-18-24-14-15-26(37-20-22-10-6-4-7-11-22)28(27(24)32)38-21-23-12-8-5-9-13-23/h4-15,25H,16-21H2,1-3H3,(H,33,35). The highest BCUT2D eigenvalue weighted by Gasteiger charge is 2.33. The molecule has 3 aromatic rings. The van der Waals surface area contributed by atoms with Crippen LogP contribution in [0.3, 0.4) is 0 Å². The Balaban J connectivity index is 1.42. The Kier molecular flexibility index (Phi) is 9.36. The molecule has 0 aromatic heterocycles. The van der Waals surface area contributed by atoms with E-state index in [1.807, 2.05) is 93.6 Å². The van der Waals surface area contributed by atoms with E-state index in [4.69, 9.17) is 25.8 Å². The molecule has 1 aliphatic heterocycles. The molecule has 1 saturated heterocycles. The van der Waals surface area contributed by atoms with Gasteiger partial charge in [0, 0.05) is 19.6 Å². The van der Waals surface area contributed by atoms with Crippen LogP contribution in [0.15, 0.2) is 72.8 Å². The molecule has 0 bridgehead atoms. The number of amides is 2. The second kappa shape index (κ2) is 12.9. The number of nitrogens with one attached hydrogen (secondary N) is 1. The van der Waals surface area contributed by atoms with Crippen LogP contribution < -0.4 is 14.8 Å². The van der Waals surface area contributed by atoms with Crippen molar-refractivity contribution in [2.45, 2.75) is 52.6 Å². The highest BCUT2D eigenvalue weighted by Crippen LogP contribution is 2.39. The predicted octanol–water partition coefficient (Wildman–Crippen LogP) is 6.37. The molecule has 3 aromatic carbocycles. The second-order valence-electron chi connectivity index (χ2n) is 10.5. The van der Waals surface area contributed by atoms with Crippen molar-refractivity contribution >= 4 is 23.6 Å². The molecular weight excluding hydrogens is 516 g/mol. The van der Waals surface area contributed by atoms with Gasteiger partial charge >= 0.3 is 6.09 Å². The van der Waals surface area contributed by atoms with Crippen molar-refractivity contribution in [3.63, 3.8) is 0 Å². The summed E-state index contributed by atoms with van der Waals surface area (Å²) in [5, 5.41) is 3.36. The molecule has 0 spiro atoms. The van der Waals surface area contributed by atoms with Crippen molar-refractivity contribution < 1.29 is 23.8 Å². The minimum Gasteiger partial charge on any atom is -0.485 e. The van der Waals surface area contributed by atoms with E-state index >= 15 is 0 Å². The average molecular weight is 551 g/mol. The zero-order valence-electron chi connectivity index (χ0n) is 22.6. The van der Waals surface area contributed by atoms with Gasteiger partial charge in [-0.3, -0.25) is 4.79 Å². The van der Waals surface area contributed by atoms with Crippen molar-refractivity contribution in [2.24, 2.45) is 5.92 Å². The normalized spacial score (nSPS) is 15.1. The van der Waals surface area contributed by atoms with Gasteiger partial charge in [0.2, 0.25) is 5.91 Å². The van der Waals surface area contributed by atoms with Gasteiger partial charge in [0.25, 0.3) is 0 Å². The number of rotatable bonds is 9. The first-order chi connectivity index (χ1) is 18.7. The lowest BCUT2D eigenvalue weighted by atomic mass is 10.1. The number of halogens is 1. The maximum Gasteiger partial charge on any atom is 0.410 e. The van der Waals surface area contributed by atoms with Gasteiger partial charge in [0.05, 0.1) is 10.9 Å². The molecular formula is C31H35ClN2O5. The van der Waals surface area contributed by atoms with E-state index in [-0.39, 0.29) is 18.4 Å². The van der Waals surface area contributed by atoms with E-state index in [1.165, 1.54) is 0 Å². The summed E-state index contributed by atoms with van der Waals surface area (Å²) in [6.45, 7) is 7.19. The van der Waals surface area contributed by atoms with Gasteiger partial charge in [-0.15, -0.1) is 0 Å². The molecule has 1 atom stereocenters. The predicted molar refractivity (Wildman–Crippen MR) is 151 cm³/mol. The Bertz CT molecular complexity index is 1260. The molecule has 1 fully saturated rings. The number of ether oxygens (including phenoxy) is 3. The molecule has 39 heavy (non-hydrogen) atoms. The van der Waals surface area contributed by atoms with Crippen LogP contribution in [0.1, 0.15) is 43.9 Å². The van der Waals surface area contributed by atoms with E-state index in [2.05, 4.69) is 5.32 Å². The molecule has 8 heteroatoms. The summed E-state index contributed by atoms with van der Waals surface area (Å²) >= 11 is 6.81. The number of carbonyl (C=O) groups is 2. The molecule has 1 heterocycles. The smallest absolute Gasteiger partial charge is 0.410 e. The van der Waals surface area contributed by atoms with Crippen LogP contribution in [0.5, 0.6) is 11.5 Å². The fraction of sp³-hybridized carbons (Fsp3) is 0.355. The van der Waals surface area contributed by atoms with Gasteiger partial charge in [0.1, 0.15) is 18.8 Å². The molecule has 1 unspecified atom stereocenters. The average Bonchev–Trinajstić information content (AvgIpc) is 3.42. The van der Waals surface area contributed by atoms with Gasteiger partial charge in [-0.1, -0.05) is 78.3 Å². The van der Waals surface area contributed by atoms with Gasteiger partial charge in [-0.25, -0.2) is 4.79 Å². The lowest BCUT2D eigenvalue weighted by Gasteiger charge is -2.24. The van der Waals surface area contributed by atoms with E-state index < -0.39 is 11.7 Å². The third-order valence-corrected chi connectivity index (χ3v) is 6.68. The van der Waals surface area contributed by atoms with Crippen LogP contribution in [0.2, 0.25) is 5.02 Å². The SMILES string of the molecule is CC(C)(C)OC(=O)N1CCC(C(=O)NCc2ccc(OCc3ccccc3)c(OCc3ccccc3)c2Cl)C1. The Morgan fingerprint density at radius 2 is 1.54 bits per heavy atom. The molecule has 0 saturated carbocycles. The van der Waals surface area contributed by atoms with Crippen LogP contribution in [-0.4, -0.2) is 35.6 Å². The van der Waals surface area contributed by atoms with Crippen molar-refractivity contribution in [1.82, 2.24) is 10.2 Å². The van der Waals surface area contributed by atoms with Gasteiger partial charge < -0.3 is 24.4 Å². The van der Waals surface area contributed by atoms with Crippen LogP contribution in [0, 0.1) is 5.92 Å². The Morgan fingerprint density at radius 1 is 0.923 bits per heavy atom. The fourth-order valence-corrected chi connectivity index (χ4v) is 4.50. The number of benzene rings is 3. The number of nitrogens with zero attached hydrogens (tertiary/aromatic N) is 1. The quantitative estimate of drug-likeness (QED) is 0.335. The molecule has 2 amide bonds. The topological polar surface area (TPSA) is 77.1 Å². The Morgan fingerprint density at radius 3 is 2.15 bits per heavy atom. The lowest BCUT2D eigenvalue weighted by molar-refractivity contribution is -0.124. The summed E-state index contributed by atoms with van der Waals surface area (Å²) in [6.07, 6.45) is 0.184. The number of hydrogen-bond acceptors (Lipinski definition) is 5. The first-order valence-corrected chi connectivity index (χ1v) is 13.5. The highest BCUT2D eigenvalue weighted by atomic mass is 35.5. The minimum atomic E-state index is -0.578. The zero-order valence-corrected chi connectivity index (χ0v) is 23.4. The molecule has 1 aliphatic rings. The van der Waals surface area contributed by atoms with Crippen LogP contribution >= 0.6 is 11.6 Å². The van der Waals surface area contributed by atoms with E-state index in [9.17, 15) is 9.59 Å². The van der Waals surface area contributed by atoms with Crippen molar-refractivity contribution in [1.29, 1.82) is 0 Å². The monoisotopic (exact) mass is 550 g/mol. The summed E-state index contributed by atoms with van der Waals surface area (Å²) < 4.78 is 17.7. The third kappa shape index (κ3) is 8.14. The lowest BCUT2D eigenvalue weighted by Crippen LogP contribution is -2.37. The first-order valence-electron chi connectivity index (χ1n) is 13.1. The maximum atomic E-state index is 12.9. The van der Waals surface area contributed by atoms with Gasteiger partial charge in [0.15, 0.2) is 11.5 Å². The van der Waals surface area contributed by atoms with Crippen molar-refractivity contribution in [2.75, 3.05) is 13.1 Å². The molecule has 0 radical (unpaired) electrons.